The molecular formula is C14H16O5. The highest BCUT2D eigenvalue weighted by molar-refractivity contribution is 6.02. The van der Waals surface area contributed by atoms with Crippen LogP contribution in [-0.4, -0.2) is 31.6 Å². The summed E-state index contributed by atoms with van der Waals surface area (Å²) in [4.78, 5) is 23.7. The Morgan fingerprint density at radius 1 is 1.47 bits per heavy atom. The van der Waals surface area contributed by atoms with Crippen molar-refractivity contribution in [1.82, 2.24) is 0 Å². The van der Waals surface area contributed by atoms with Crippen LogP contribution in [0.3, 0.4) is 0 Å². The number of esters is 1. The van der Waals surface area contributed by atoms with Gasteiger partial charge in [-0.3, -0.25) is 4.79 Å². The highest BCUT2D eigenvalue weighted by atomic mass is 16.6. The van der Waals surface area contributed by atoms with Crippen LogP contribution in [0, 0.1) is 6.92 Å². The Morgan fingerprint density at radius 3 is 2.84 bits per heavy atom. The summed E-state index contributed by atoms with van der Waals surface area (Å²) in [5.74, 6) is 0.394. The summed E-state index contributed by atoms with van der Waals surface area (Å²) in [6.45, 7) is 3.83. The van der Waals surface area contributed by atoms with Gasteiger partial charge in [0.15, 0.2) is 5.78 Å². The third kappa shape index (κ3) is 2.54. The number of ketones is 1. The summed E-state index contributed by atoms with van der Waals surface area (Å²) in [7, 11) is 1.55. The van der Waals surface area contributed by atoms with Crippen LogP contribution in [0.25, 0.3) is 0 Å². The third-order valence-electron chi connectivity index (χ3n) is 2.99. The average molecular weight is 264 g/mol. The maximum absolute atomic E-state index is 12.0. The first-order valence-corrected chi connectivity index (χ1v) is 6.12. The molecule has 0 aliphatic carbocycles. The van der Waals surface area contributed by atoms with Crippen LogP contribution in [0.2, 0.25) is 0 Å². The van der Waals surface area contributed by atoms with E-state index in [-0.39, 0.29) is 18.8 Å². The lowest BCUT2D eigenvalue weighted by molar-refractivity contribution is -0.151. The van der Waals surface area contributed by atoms with E-state index >= 15 is 0 Å². The van der Waals surface area contributed by atoms with Gasteiger partial charge in [-0.1, -0.05) is 0 Å². The van der Waals surface area contributed by atoms with Crippen LogP contribution >= 0.6 is 0 Å². The van der Waals surface area contributed by atoms with Crippen LogP contribution in [0.1, 0.15) is 29.3 Å². The van der Waals surface area contributed by atoms with Gasteiger partial charge in [-0.25, -0.2) is 4.79 Å². The van der Waals surface area contributed by atoms with Gasteiger partial charge >= 0.3 is 5.97 Å². The molecule has 102 valence electrons. The number of hydrogen-bond donors (Lipinski definition) is 0. The lowest BCUT2D eigenvalue weighted by atomic mass is 9.98. The van der Waals surface area contributed by atoms with E-state index in [4.69, 9.17) is 14.2 Å². The molecule has 0 bridgehead atoms. The molecule has 0 spiro atoms. The number of methoxy groups -OCH3 is 1. The summed E-state index contributed by atoms with van der Waals surface area (Å²) in [6.07, 6.45) is -0.856. The van der Waals surface area contributed by atoms with E-state index in [1.165, 1.54) is 0 Å². The molecule has 1 aliphatic rings. The number of fused-ring (bicyclic) bond motifs is 1. The Hall–Kier alpha value is -2.04. The highest BCUT2D eigenvalue weighted by Crippen LogP contribution is 2.33. The predicted octanol–water partition coefficient (Wildman–Crippen LogP) is 1.90. The van der Waals surface area contributed by atoms with Gasteiger partial charge in [0, 0.05) is 0 Å². The van der Waals surface area contributed by atoms with Crippen molar-refractivity contribution in [1.29, 1.82) is 0 Å². The van der Waals surface area contributed by atoms with E-state index in [9.17, 15) is 9.59 Å². The van der Waals surface area contributed by atoms with Gasteiger partial charge in [0.25, 0.3) is 0 Å². The second-order valence-electron chi connectivity index (χ2n) is 4.30. The Balaban J connectivity index is 2.32. The molecule has 1 atom stereocenters. The molecule has 1 aromatic carbocycles. The summed E-state index contributed by atoms with van der Waals surface area (Å²) in [5, 5.41) is 0. The van der Waals surface area contributed by atoms with Gasteiger partial charge in [0.05, 0.1) is 25.7 Å². The van der Waals surface area contributed by atoms with Crippen molar-refractivity contribution in [3.8, 4) is 11.5 Å². The van der Waals surface area contributed by atoms with Crippen molar-refractivity contribution >= 4 is 11.8 Å². The average Bonchev–Trinajstić information content (AvgIpc) is 2.38. The number of benzene rings is 1. The largest absolute Gasteiger partial charge is 0.496 e. The normalized spacial score (nSPS) is 17.4. The molecule has 0 radical (unpaired) electrons. The fraction of sp³-hybridized carbons (Fsp3) is 0.429. The van der Waals surface area contributed by atoms with E-state index in [2.05, 4.69) is 0 Å². The minimum absolute atomic E-state index is 0.00194. The Bertz CT molecular complexity index is 521. The standard InChI is InChI=1S/C14H16O5/c1-4-18-14(16)13-7-10(15)9-6-11(17-3)8(2)5-12(9)19-13/h5-6,13H,4,7H2,1-3H3. The van der Waals surface area contributed by atoms with Gasteiger partial charge in [-0.2, -0.15) is 0 Å². The molecule has 0 saturated heterocycles. The molecule has 1 unspecified atom stereocenters. The van der Waals surface area contributed by atoms with Gasteiger partial charge in [0.2, 0.25) is 6.10 Å². The monoisotopic (exact) mass is 264 g/mol. The fourth-order valence-corrected chi connectivity index (χ4v) is 2.04. The summed E-state index contributed by atoms with van der Waals surface area (Å²) in [6, 6.07) is 3.35. The lowest BCUT2D eigenvalue weighted by Gasteiger charge is -2.24. The molecule has 1 heterocycles. The number of carbonyl (C=O) groups is 2. The Morgan fingerprint density at radius 2 is 2.21 bits per heavy atom. The van der Waals surface area contributed by atoms with Gasteiger partial charge in [-0.05, 0) is 31.5 Å². The van der Waals surface area contributed by atoms with E-state index in [1.54, 1.807) is 26.2 Å². The predicted molar refractivity (Wildman–Crippen MR) is 67.7 cm³/mol. The van der Waals surface area contributed by atoms with Crippen LogP contribution in [-0.2, 0) is 9.53 Å². The second-order valence-corrected chi connectivity index (χ2v) is 4.30. The summed E-state index contributed by atoms with van der Waals surface area (Å²) < 4.78 is 15.6. The van der Waals surface area contributed by atoms with E-state index in [0.29, 0.717) is 17.1 Å². The van der Waals surface area contributed by atoms with Crippen LogP contribution in [0.4, 0.5) is 0 Å². The minimum atomic E-state index is -0.854. The maximum atomic E-state index is 12.0. The second kappa shape index (κ2) is 5.30. The smallest absolute Gasteiger partial charge is 0.347 e. The quantitative estimate of drug-likeness (QED) is 0.780. The molecule has 0 amide bonds. The third-order valence-corrected chi connectivity index (χ3v) is 2.99. The number of Topliss-reactive ketones (excluding diaryl/α,β-unsaturated/α-hetero) is 1. The van der Waals surface area contributed by atoms with Crippen LogP contribution < -0.4 is 9.47 Å². The summed E-state index contributed by atoms with van der Waals surface area (Å²) >= 11 is 0. The number of hydrogen-bond acceptors (Lipinski definition) is 5. The van der Waals surface area contributed by atoms with Crippen molar-refractivity contribution in [2.24, 2.45) is 0 Å². The molecule has 2 rings (SSSR count). The number of ether oxygens (including phenoxy) is 3. The first-order valence-electron chi connectivity index (χ1n) is 6.12. The zero-order chi connectivity index (χ0) is 14.0. The molecular weight excluding hydrogens is 248 g/mol. The lowest BCUT2D eigenvalue weighted by Crippen LogP contribution is -2.35. The van der Waals surface area contributed by atoms with Crippen molar-refractivity contribution < 1.29 is 23.8 Å². The van der Waals surface area contributed by atoms with Crippen molar-refractivity contribution in [2.75, 3.05) is 13.7 Å². The number of carbonyl (C=O) groups excluding carboxylic acids is 2. The summed E-state index contributed by atoms with van der Waals surface area (Å²) in [5.41, 5.74) is 1.29. The number of aryl methyl sites for hydroxylation is 1. The van der Waals surface area contributed by atoms with Gasteiger partial charge in [-0.15, -0.1) is 0 Å². The van der Waals surface area contributed by atoms with Crippen molar-refractivity contribution in [3.05, 3.63) is 23.3 Å². The Kier molecular flexibility index (Phi) is 3.74. The molecule has 5 heteroatoms. The number of rotatable bonds is 3. The first-order chi connectivity index (χ1) is 9.06. The van der Waals surface area contributed by atoms with E-state index in [1.807, 2.05) is 6.92 Å². The first kappa shape index (κ1) is 13.4. The molecule has 1 aromatic rings. The maximum Gasteiger partial charge on any atom is 0.347 e. The molecule has 5 nitrogen and oxygen atoms in total. The van der Waals surface area contributed by atoms with E-state index < -0.39 is 12.1 Å². The molecule has 0 saturated carbocycles. The zero-order valence-electron chi connectivity index (χ0n) is 11.2. The van der Waals surface area contributed by atoms with Crippen molar-refractivity contribution in [2.45, 2.75) is 26.4 Å². The van der Waals surface area contributed by atoms with E-state index in [0.717, 1.165) is 5.56 Å². The minimum Gasteiger partial charge on any atom is -0.496 e. The molecule has 19 heavy (non-hydrogen) atoms. The highest BCUT2D eigenvalue weighted by Gasteiger charge is 2.33. The van der Waals surface area contributed by atoms with Gasteiger partial charge < -0.3 is 14.2 Å². The Labute approximate surface area is 111 Å². The molecule has 1 aliphatic heterocycles. The topological polar surface area (TPSA) is 61.8 Å². The van der Waals surface area contributed by atoms with Crippen molar-refractivity contribution in [3.63, 3.8) is 0 Å². The SMILES string of the molecule is CCOC(=O)C1CC(=O)c2cc(OC)c(C)cc2O1. The van der Waals surface area contributed by atoms with Gasteiger partial charge in [0.1, 0.15) is 11.5 Å². The zero-order valence-corrected chi connectivity index (χ0v) is 11.2. The molecule has 0 aromatic heterocycles. The molecule has 0 N–H and O–H groups in total. The fourth-order valence-electron chi connectivity index (χ4n) is 2.04. The van der Waals surface area contributed by atoms with Crippen LogP contribution in [0.5, 0.6) is 11.5 Å². The van der Waals surface area contributed by atoms with Crippen LogP contribution in [0.15, 0.2) is 12.1 Å². The molecule has 0 fully saturated rings.